The Labute approximate surface area is 130 Å². The lowest BCUT2D eigenvalue weighted by molar-refractivity contribution is -0.0647. The van der Waals surface area contributed by atoms with Crippen LogP contribution in [0.4, 0.5) is 0 Å². The predicted octanol–water partition coefficient (Wildman–Crippen LogP) is 2.03. The van der Waals surface area contributed by atoms with Crippen molar-refractivity contribution in [3.63, 3.8) is 0 Å². The molecule has 0 aromatic heterocycles. The molecule has 0 bridgehead atoms. The monoisotopic (exact) mass is 324 g/mol. The molecule has 0 aromatic rings. The van der Waals surface area contributed by atoms with Crippen molar-refractivity contribution in [2.75, 3.05) is 47.3 Å². The van der Waals surface area contributed by atoms with E-state index >= 15 is 0 Å². The second-order valence-electron chi connectivity index (χ2n) is 4.45. The van der Waals surface area contributed by atoms with Gasteiger partial charge in [-0.1, -0.05) is 6.92 Å². The number of hydrogen-bond donors (Lipinski definition) is 0. The SMILES string of the molecule is CCO[Si](OCC)(OCC)C(CC)OCC(COC)OC. The van der Waals surface area contributed by atoms with Gasteiger partial charge in [-0.2, -0.15) is 0 Å². The van der Waals surface area contributed by atoms with Crippen LogP contribution in [0.3, 0.4) is 0 Å². The van der Waals surface area contributed by atoms with Gasteiger partial charge in [-0.3, -0.25) is 0 Å². The molecule has 0 radical (unpaired) electrons. The predicted molar refractivity (Wildman–Crippen MR) is 83.3 cm³/mol. The van der Waals surface area contributed by atoms with Crippen LogP contribution in [0.15, 0.2) is 0 Å². The molecule has 21 heavy (non-hydrogen) atoms. The van der Waals surface area contributed by atoms with Gasteiger partial charge in [-0.25, -0.2) is 0 Å². The second kappa shape index (κ2) is 12.5. The molecule has 0 spiro atoms. The maximum absolute atomic E-state index is 6.00. The fourth-order valence-corrected chi connectivity index (χ4v) is 4.89. The first-order chi connectivity index (χ1) is 10.1. The van der Waals surface area contributed by atoms with Crippen LogP contribution in [0, 0.1) is 0 Å². The summed E-state index contributed by atoms with van der Waals surface area (Å²) in [6, 6.07) is 0. The Morgan fingerprint density at radius 1 is 0.810 bits per heavy atom. The third-order valence-electron chi connectivity index (χ3n) is 2.97. The Balaban J connectivity index is 4.85. The molecule has 0 aliphatic heterocycles. The van der Waals surface area contributed by atoms with E-state index in [1.54, 1.807) is 14.2 Å². The fraction of sp³-hybridized carbons (Fsp3) is 1.00. The molecule has 0 rings (SSSR count). The topological polar surface area (TPSA) is 55.4 Å². The number of hydrogen-bond acceptors (Lipinski definition) is 6. The zero-order valence-corrected chi connectivity index (χ0v) is 15.3. The van der Waals surface area contributed by atoms with Gasteiger partial charge >= 0.3 is 8.80 Å². The first kappa shape index (κ1) is 21.0. The van der Waals surface area contributed by atoms with E-state index < -0.39 is 8.80 Å². The zero-order chi connectivity index (χ0) is 16.1. The maximum Gasteiger partial charge on any atom is 0.531 e. The van der Waals surface area contributed by atoms with Crippen molar-refractivity contribution in [2.45, 2.75) is 45.9 Å². The molecule has 0 saturated carbocycles. The number of rotatable bonds is 14. The lowest BCUT2D eigenvalue weighted by Gasteiger charge is -2.35. The van der Waals surface area contributed by atoms with Gasteiger partial charge < -0.3 is 27.5 Å². The molecule has 0 aliphatic rings. The Hall–Kier alpha value is -0.0231. The van der Waals surface area contributed by atoms with Gasteiger partial charge in [0.1, 0.15) is 11.8 Å². The summed E-state index contributed by atoms with van der Waals surface area (Å²) < 4.78 is 34.1. The Morgan fingerprint density at radius 3 is 1.67 bits per heavy atom. The van der Waals surface area contributed by atoms with Crippen LogP contribution in [0.5, 0.6) is 0 Å². The summed E-state index contributed by atoms with van der Waals surface area (Å²) in [5, 5.41) is 0. The van der Waals surface area contributed by atoms with E-state index in [2.05, 4.69) is 0 Å². The van der Waals surface area contributed by atoms with Gasteiger partial charge in [0.05, 0.1) is 13.2 Å². The molecular formula is C14H32O6Si. The van der Waals surface area contributed by atoms with E-state index in [0.717, 1.165) is 6.42 Å². The molecule has 0 heterocycles. The lowest BCUT2D eigenvalue weighted by Crippen LogP contribution is -2.58. The summed E-state index contributed by atoms with van der Waals surface area (Å²) in [4.78, 5) is 0. The van der Waals surface area contributed by atoms with Crippen LogP contribution in [0.2, 0.25) is 0 Å². The van der Waals surface area contributed by atoms with E-state index in [4.69, 9.17) is 27.5 Å². The molecular weight excluding hydrogens is 292 g/mol. The van der Waals surface area contributed by atoms with Crippen LogP contribution < -0.4 is 0 Å². The Kier molecular flexibility index (Phi) is 12.5. The van der Waals surface area contributed by atoms with E-state index in [9.17, 15) is 0 Å². The van der Waals surface area contributed by atoms with Crippen molar-refractivity contribution in [3.05, 3.63) is 0 Å². The van der Waals surface area contributed by atoms with E-state index in [1.807, 2.05) is 27.7 Å². The summed E-state index contributed by atoms with van der Waals surface area (Å²) in [7, 11) is 0.441. The van der Waals surface area contributed by atoms with Crippen LogP contribution in [-0.4, -0.2) is 67.9 Å². The van der Waals surface area contributed by atoms with Gasteiger partial charge in [0, 0.05) is 34.0 Å². The molecule has 0 aliphatic carbocycles. The highest BCUT2D eigenvalue weighted by atomic mass is 28.4. The summed E-state index contributed by atoms with van der Waals surface area (Å²) >= 11 is 0. The highest BCUT2D eigenvalue weighted by Gasteiger charge is 2.49. The average molecular weight is 324 g/mol. The van der Waals surface area contributed by atoms with E-state index in [0.29, 0.717) is 33.0 Å². The molecule has 0 saturated heterocycles. The normalized spacial score (nSPS) is 15.1. The molecule has 7 heteroatoms. The molecule has 2 atom stereocenters. The minimum atomic E-state index is -2.85. The number of methoxy groups -OCH3 is 2. The van der Waals surface area contributed by atoms with Gasteiger partial charge in [0.2, 0.25) is 0 Å². The molecule has 0 N–H and O–H groups in total. The Bertz CT molecular complexity index is 224. The van der Waals surface area contributed by atoms with E-state index in [-0.39, 0.29) is 11.8 Å². The van der Waals surface area contributed by atoms with E-state index in [1.165, 1.54) is 0 Å². The summed E-state index contributed by atoms with van der Waals surface area (Å²) in [6.45, 7) is 10.4. The fourth-order valence-electron chi connectivity index (χ4n) is 2.07. The second-order valence-corrected chi connectivity index (χ2v) is 7.16. The largest absolute Gasteiger partial charge is 0.531 e. The summed E-state index contributed by atoms with van der Waals surface area (Å²) in [5.74, 6) is 0. The highest BCUT2D eigenvalue weighted by molar-refractivity contribution is 6.62. The van der Waals surface area contributed by atoms with Crippen molar-refractivity contribution < 1.29 is 27.5 Å². The van der Waals surface area contributed by atoms with Crippen molar-refractivity contribution in [1.29, 1.82) is 0 Å². The lowest BCUT2D eigenvalue weighted by atomic mass is 10.4. The third kappa shape index (κ3) is 7.18. The third-order valence-corrected chi connectivity index (χ3v) is 6.41. The number of ether oxygens (including phenoxy) is 3. The standard InChI is InChI=1S/C14H32O6Si/c1-7-14(17-12-13(16-6)11-15-5)21(18-8-2,19-9-3)20-10-4/h13-14H,7-12H2,1-6H3. The van der Waals surface area contributed by atoms with Gasteiger partial charge in [0.25, 0.3) is 0 Å². The van der Waals surface area contributed by atoms with Crippen LogP contribution >= 0.6 is 0 Å². The quantitative estimate of drug-likeness (QED) is 0.456. The highest BCUT2D eigenvalue weighted by Crippen LogP contribution is 2.21. The van der Waals surface area contributed by atoms with Crippen molar-refractivity contribution in [1.82, 2.24) is 0 Å². The minimum Gasteiger partial charge on any atom is -0.382 e. The zero-order valence-electron chi connectivity index (χ0n) is 14.3. The molecule has 128 valence electrons. The smallest absolute Gasteiger partial charge is 0.382 e. The molecule has 0 fully saturated rings. The minimum absolute atomic E-state index is 0.111. The molecule has 0 amide bonds. The first-order valence-electron chi connectivity index (χ1n) is 7.69. The van der Waals surface area contributed by atoms with Crippen molar-refractivity contribution in [3.8, 4) is 0 Å². The van der Waals surface area contributed by atoms with Crippen molar-refractivity contribution in [2.24, 2.45) is 0 Å². The first-order valence-corrected chi connectivity index (χ1v) is 9.49. The molecule has 6 nitrogen and oxygen atoms in total. The average Bonchev–Trinajstić information content (AvgIpc) is 2.47. The Morgan fingerprint density at radius 2 is 1.33 bits per heavy atom. The maximum atomic E-state index is 6.00. The van der Waals surface area contributed by atoms with Crippen LogP contribution in [-0.2, 0) is 27.5 Å². The van der Waals surface area contributed by atoms with Crippen LogP contribution in [0.1, 0.15) is 34.1 Å². The summed E-state index contributed by atoms with van der Waals surface area (Å²) in [6.07, 6.45) is 0.649. The molecule has 2 unspecified atom stereocenters. The van der Waals surface area contributed by atoms with Gasteiger partial charge in [-0.05, 0) is 27.2 Å². The van der Waals surface area contributed by atoms with Gasteiger partial charge in [0.15, 0.2) is 0 Å². The molecule has 0 aromatic carbocycles. The summed E-state index contributed by atoms with van der Waals surface area (Å²) in [5.41, 5.74) is -0.202. The van der Waals surface area contributed by atoms with Gasteiger partial charge in [-0.15, -0.1) is 0 Å². The van der Waals surface area contributed by atoms with Crippen molar-refractivity contribution >= 4 is 8.80 Å². The van der Waals surface area contributed by atoms with Crippen LogP contribution in [0.25, 0.3) is 0 Å².